The molecule has 0 radical (unpaired) electrons. The highest BCUT2D eigenvalue weighted by molar-refractivity contribution is 9.10. The third kappa shape index (κ3) is 4.02. The van der Waals surface area contributed by atoms with Crippen molar-refractivity contribution < 1.29 is 23.8 Å². The number of carbonyl (C=O) groups excluding carboxylic acids is 2. The molecule has 1 amide bonds. The van der Waals surface area contributed by atoms with Crippen molar-refractivity contribution >= 4 is 44.3 Å². The van der Waals surface area contributed by atoms with E-state index in [-0.39, 0.29) is 11.3 Å². The van der Waals surface area contributed by atoms with Crippen LogP contribution in [0.25, 0.3) is 11.0 Å². The van der Waals surface area contributed by atoms with Gasteiger partial charge >= 0.3 is 0 Å². The van der Waals surface area contributed by atoms with E-state index >= 15 is 0 Å². The molecule has 0 aliphatic carbocycles. The van der Waals surface area contributed by atoms with Crippen molar-refractivity contribution in [3.8, 4) is 5.75 Å². The standard InChI is InChI=1S/C28H22BrNO5/c1-3-16-7-10-20(11-8-16)30-25(17-5-4-6-21(14-17)34-2)24(27(32)28(30)33)26(31)23-15-18-13-19(29)9-12-22(18)35-23/h4-15,25,32H,3H2,1-2H3. The first-order valence-electron chi connectivity index (χ1n) is 11.1. The highest BCUT2D eigenvalue weighted by Gasteiger charge is 2.45. The summed E-state index contributed by atoms with van der Waals surface area (Å²) in [6, 6.07) is 20.8. The Morgan fingerprint density at radius 1 is 1.09 bits per heavy atom. The van der Waals surface area contributed by atoms with E-state index in [0.29, 0.717) is 22.6 Å². The number of rotatable bonds is 6. The second-order valence-corrected chi connectivity index (χ2v) is 9.17. The molecule has 3 aromatic carbocycles. The highest BCUT2D eigenvalue weighted by atomic mass is 79.9. The van der Waals surface area contributed by atoms with Gasteiger partial charge < -0.3 is 14.3 Å². The number of fused-ring (bicyclic) bond motifs is 1. The van der Waals surface area contributed by atoms with Crippen LogP contribution >= 0.6 is 15.9 Å². The number of halogens is 1. The lowest BCUT2D eigenvalue weighted by atomic mass is 9.94. The number of nitrogens with zero attached hydrogens (tertiary/aromatic N) is 1. The highest BCUT2D eigenvalue weighted by Crippen LogP contribution is 2.43. The zero-order chi connectivity index (χ0) is 24.7. The monoisotopic (exact) mass is 531 g/mol. The summed E-state index contributed by atoms with van der Waals surface area (Å²) in [7, 11) is 1.55. The molecule has 2 heterocycles. The summed E-state index contributed by atoms with van der Waals surface area (Å²) in [5, 5.41) is 11.7. The number of anilines is 1. The van der Waals surface area contributed by atoms with E-state index in [9.17, 15) is 14.7 Å². The lowest BCUT2D eigenvalue weighted by Crippen LogP contribution is -2.31. The fourth-order valence-electron chi connectivity index (χ4n) is 4.38. The topological polar surface area (TPSA) is 80.0 Å². The van der Waals surface area contributed by atoms with E-state index in [0.717, 1.165) is 21.8 Å². The van der Waals surface area contributed by atoms with E-state index in [1.807, 2.05) is 43.3 Å². The molecule has 1 atom stereocenters. The molecular formula is C28H22BrNO5. The Kier molecular flexibility index (Phi) is 5.94. The van der Waals surface area contributed by atoms with Crippen molar-refractivity contribution in [3.63, 3.8) is 0 Å². The van der Waals surface area contributed by atoms with E-state index in [2.05, 4.69) is 15.9 Å². The number of Topliss-reactive ketones (excluding diaryl/α,β-unsaturated/α-hetero) is 1. The number of methoxy groups -OCH3 is 1. The maximum atomic E-state index is 13.7. The smallest absolute Gasteiger partial charge is 0.294 e. The molecule has 1 aliphatic rings. The fraction of sp³-hybridized carbons (Fsp3) is 0.143. The van der Waals surface area contributed by atoms with Gasteiger partial charge in [0, 0.05) is 15.5 Å². The summed E-state index contributed by atoms with van der Waals surface area (Å²) in [6.45, 7) is 2.05. The zero-order valence-corrected chi connectivity index (χ0v) is 20.7. The van der Waals surface area contributed by atoms with E-state index in [1.165, 1.54) is 4.90 Å². The van der Waals surface area contributed by atoms with Crippen LogP contribution in [0, 0.1) is 0 Å². The predicted octanol–water partition coefficient (Wildman–Crippen LogP) is 6.55. The molecule has 35 heavy (non-hydrogen) atoms. The third-order valence-corrected chi connectivity index (χ3v) is 6.68. The summed E-state index contributed by atoms with van der Waals surface area (Å²) in [5.74, 6) is -1.18. The molecule has 0 saturated heterocycles. The molecular weight excluding hydrogens is 510 g/mol. The first-order valence-corrected chi connectivity index (χ1v) is 11.9. The average molecular weight is 532 g/mol. The lowest BCUT2D eigenvalue weighted by Gasteiger charge is -2.27. The van der Waals surface area contributed by atoms with Gasteiger partial charge in [0.15, 0.2) is 11.5 Å². The predicted molar refractivity (Wildman–Crippen MR) is 137 cm³/mol. The molecule has 5 rings (SSSR count). The summed E-state index contributed by atoms with van der Waals surface area (Å²) >= 11 is 3.42. The number of aliphatic hydroxyl groups is 1. The quantitative estimate of drug-likeness (QED) is 0.285. The van der Waals surface area contributed by atoms with Gasteiger partial charge in [-0.25, -0.2) is 0 Å². The Morgan fingerprint density at radius 3 is 2.57 bits per heavy atom. The largest absolute Gasteiger partial charge is 0.503 e. The third-order valence-electron chi connectivity index (χ3n) is 6.19. The van der Waals surface area contributed by atoms with Gasteiger partial charge in [-0.1, -0.05) is 47.1 Å². The maximum absolute atomic E-state index is 13.7. The first kappa shape index (κ1) is 22.9. The van der Waals surface area contributed by atoms with Gasteiger partial charge in [-0.2, -0.15) is 0 Å². The number of ketones is 1. The molecule has 0 bridgehead atoms. The number of ether oxygens (including phenoxy) is 1. The zero-order valence-electron chi connectivity index (χ0n) is 19.1. The van der Waals surface area contributed by atoms with Gasteiger partial charge in [0.1, 0.15) is 11.3 Å². The Hall–Kier alpha value is -3.84. The number of benzene rings is 3. The van der Waals surface area contributed by atoms with Gasteiger partial charge in [-0.15, -0.1) is 0 Å². The van der Waals surface area contributed by atoms with E-state index < -0.39 is 23.5 Å². The van der Waals surface area contributed by atoms with Crippen LogP contribution in [-0.2, 0) is 11.2 Å². The van der Waals surface area contributed by atoms with Crippen LogP contribution in [0.1, 0.15) is 34.6 Å². The number of hydrogen-bond acceptors (Lipinski definition) is 5. The molecule has 0 saturated carbocycles. The number of furan rings is 1. The average Bonchev–Trinajstić information content (AvgIpc) is 3.42. The minimum Gasteiger partial charge on any atom is -0.503 e. The Labute approximate surface area is 210 Å². The van der Waals surface area contributed by atoms with Crippen molar-refractivity contribution in [2.45, 2.75) is 19.4 Å². The van der Waals surface area contributed by atoms with Crippen molar-refractivity contribution in [2.24, 2.45) is 0 Å². The van der Waals surface area contributed by atoms with Crippen molar-refractivity contribution in [2.75, 3.05) is 12.0 Å². The van der Waals surface area contributed by atoms with Crippen LogP contribution in [0.15, 0.2) is 93.0 Å². The molecule has 4 aromatic rings. The van der Waals surface area contributed by atoms with Crippen molar-refractivity contribution in [1.29, 1.82) is 0 Å². The van der Waals surface area contributed by atoms with E-state index in [4.69, 9.17) is 9.15 Å². The van der Waals surface area contributed by atoms with Crippen LogP contribution in [-0.4, -0.2) is 23.9 Å². The molecule has 6 nitrogen and oxygen atoms in total. The molecule has 1 aromatic heterocycles. The van der Waals surface area contributed by atoms with Gasteiger partial charge in [0.25, 0.3) is 5.91 Å². The molecule has 176 valence electrons. The molecule has 7 heteroatoms. The molecule has 0 spiro atoms. The van der Waals surface area contributed by atoms with Gasteiger partial charge in [-0.05, 0) is 66.1 Å². The van der Waals surface area contributed by atoms with Crippen LogP contribution in [0.5, 0.6) is 5.75 Å². The second kappa shape index (κ2) is 9.07. The summed E-state index contributed by atoms with van der Waals surface area (Å²) in [4.78, 5) is 28.5. The van der Waals surface area contributed by atoms with Gasteiger partial charge in [0.2, 0.25) is 5.78 Å². The number of hydrogen-bond donors (Lipinski definition) is 1. The lowest BCUT2D eigenvalue weighted by molar-refractivity contribution is -0.117. The Bertz CT molecular complexity index is 1490. The Morgan fingerprint density at radius 2 is 1.86 bits per heavy atom. The molecule has 0 fully saturated rings. The molecule has 1 unspecified atom stereocenters. The van der Waals surface area contributed by atoms with E-state index in [1.54, 1.807) is 43.5 Å². The second-order valence-electron chi connectivity index (χ2n) is 8.26. The summed E-state index contributed by atoms with van der Waals surface area (Å²) in [6.07, 6.45) is 0.850. The normalized spacial score (nSPS) is 15.8. The van der Waals surface area contributed by atoms with Gasteiger partial charge in [-0.3, -0.25) is 14.5 Å². The first-order chi connectivity index (χ1) is 16.9. The number of carbonyl (C=O) groups is 2. The summed E-state index contributed by atoms with van der Waals surface area (Å²) < 4.78 is 12.0. The van der Waals surface area contributed by atoms with Crippen LogP contribution in [0.3, 0.4) is 0 Å². The molecule has 1 aliphatic heterocycles. The number of aryl methyl sites for hydroxylation is 1. The SMILES string of the molecule is CCc1ccc(N2C(=O)C(O)=C(C(=O)c3cc4cc(Br)ccc4o3)C2c2cccc(OC)c2)cc1. The van der Waals surface area contributed by atoms with Crippen LogP contribution in [0.4, 0.5) is 5.69 Å². The van der Waals surface area contributed by atoms with Crippen LogP contribution < -0.4 is 9.64 Å². The number of aliphatic hydroxyl groups excluding tert-OH is 1. The minimum absolute atomic E-state index is 0.0408. The van der Waals surface area contributed by atoms with Crippen molar-refractivity contribution in [3.05, 3.63) is 105 Å². The minimum atomic E-state index is -0.863. The summed E-state index contributed by atoms with van der Waals surface area (Å²) in [5.41, 5.74) is 2.80. The van der Waals surface area contributed by atoms with Crippen LogP contribution in [0.2, 0.25) is 0 Å². The fourth-order valence-corrected chi connectivity index (χ4v) is 4.76. The molecule has 1 N–H and O–H groups in total. The Balaban J connectivity index is 1.65. The maximum Gasteiger partial charge on any atom is 0.294 e. The van der Waals surface area contributed by atoms with Gasteiger partial charge in [0.05, 0.1) is 18.7 Å². The number of amides is 1. The van der Waals surface area contributed by atoms with Crippen molar-refractivity contribution in [1.82, 2.24) is 0 Å².